The van der Waals surface area contributed by atoms with E-state index in [0.717, 1.165) is 70.5 Å². The number of aromatic nitrogens is 3. The topological polar surface area (TPSA) is 97.3 Å². The molecule has 0 amide bonds. The summed E-state index contributed by atoms with van der Waals surface area (Å²) in [6.07, 6.45) is 3.78. The number of hydrogen-bond donors (Lipinski definition) is 2. The zero-order valence-corrected chi connectivity index (χ0v) is 19.1. The van der Waals surface area contributed by atoms with Gasteiger partial charge in [-0.1, -0.05) is 30.3 Å². The van der Waals surface area contributed by atoms with E-state index in [0.29, 0.717) is 0 Å². The summed E-state index contributed by atoms with van der Waals surface area (Å²) in [6.45, 7) is 1.88. The molecule has 0 saturated carbocycles. The Morgan fingerprint density at radius 3 is 2.49 bits per heavy atom. The van der Waals surface area contributed by atoms with Crippen LogP contribution in [0.3, 0.4) is 0 Å². The summed E-state index contributed by atoms with van der Waals surface area (Å²) in [7, 11) is 0. The van der Waals surface area contributed by atoms with Crippen LogP contribution in [-0.2, 0) is 0 Å². The first-order valence-corrected chi connectivity index (χ1v) is 11.8. The number of piperidine rings is 1. The molecule has 174 valence electrons. The van der Waals surface area contributed by atoms with Crippen LogP contribution in [0.1, 0.15) is 23.2 Å². The van der Waals surface area contributed by atoms with Crippen LogP contribution in [0.15, 0.2) is 79.1 Å². The lowest BCUT2D eigenvalue weighted by Crippen LogP contribution is -2.39. The van der Waals surface area contributed by atoms with Crippen molar-refractivity contribution in [1.82, 2.24) is 14.5 Å². The Kier molecular flexibility index (Phi) is 5.19. The number of fused-ring (bicyclic) bond motifs is 2. The Labute approximate surface area is 202 Å². The molecular weight excluding hydrogens is 438 g/mol. The predicted molar refractivity (Wildman–Crippen MR) is 138 cm³/mol. The van der Waals surface area contributed by atoms with E-state index in [1.54, 1.807) is 18.5 Å². The summed E-state index contributed by atoms with van der Waals surface area (Å²) in [4.78, 5) is 23.2. The maximum atomic E-state index is 11.1. The second kappa shape index (κ2) is 8.52. The van der Waals surface area contributed by atoms with Crippen molar-refractivity contribution in [3.8, 4) is 16.9 Å². The lowest BCUT2D eigenvalue weighted by Gasteiger charge is -2.32. The molecule has 7 heteroatoms. The van der Waals surface area contributed by atoms with Gasteiger partial charge in [0.2, 0.25) is 0 Å². The van der Waals surface area contributed by atoms with Gasteiger partial charge in [0, 0.05) is 24.5 Å². The molecule has 0 unspecified atom stereocenters. The van der Waals surface area contributed by atoms with Gasteiger partial charge in [-0.3, -0.25) is 4.57 Å². The van der Waals surface area contributed by atoms with E-state index in [4.69, 9.17) is 15.8 Å². The minimum absolute atomic E-state index is 0.272. The highest BCUT2D eigenvalue weighted by atomic mass is 16.4. The number of hydrogen-bond acceptors (Lipinski definition) is 5. The van der Waals surface area contributed by atoms with Gasteiger partial charge >= 0.3 is 5.97 Å². The van der Waals surface area contributed by atoms with Gasteiger partial charge in [-0.25, -0.2) is 14.8 Å². The SMILES string of the molecule is NC1CCN(c2cccc3ccc(-n4cnc5cc(-c6ccc(C(=O)O)cc6)ccc54)nc23)CC1. The number of carbonyl (C=O) groups is 1. The van der Waals surface area contributed by atoms with E-state index in [2.05, 4.69) is 34.1 Å². The molecule has 0 radical (unpaired) electrons. The van der Waals surface area contributed by atoms with Gasteiger partial charge in [-0.15, -0.1) is 0 Å². The number of anilines is 1. The molecule has 0 bridgehead atoms. The van der Waals surface area contributed by atoms with Crippen molar-refractivity contribution < 1.29 is 9.90 Å². The number of carboxylic acid groups (broad SMARTS) is 1. The van der Waals surface area contributed by atoms with Crippen LogP contribution in [0.25, 0.3) is 38.9 Å². The molecule has 7 nitrogen and oxygen atoms in total. The summed E-state index contributed by atoms with van der Waals surface area (Å²) >= 11 is 0. The van der Waals surface area contributed by atoms with Crippen molar-refractivity contribution in [2.24, 2.45) is 5.73 Å². The first-order valence-electron chi connectivity index (χ1n) is 11.8. The molecule has 3 heterocycles. The standard InChI is InChI=1S/C28H25N5O2/c29-22-12-14-32(15-13-22)25-3-1-2-19-9-11-26(31-27(19)25)33-17-30-23-16-21(8-10-24(23)33)18-4-6-20(7-5-18)28(34)35/h1-11,16-17,22H,12-15,29H2,(H,34,35). The zero-order chi connectivity index (χ0) is 23.9. The molecule has 0 spiro atoms. The number of nitrogens with zero attached hydrogens (tertiary/aromatic N) is 4. The van der Waals surface area contributed by atoms with Crippen LogP contribution in [-0.4, -0.2) is 44.7 Å². The normalized spacial score (nSPS) is 14.6. The van der Waals surface area contributed by atoms with E-state index >= 15 is 0 Å². The lowest BCUT2D eigenvalue weighted by atomic mass is 10.0. The Bertz CT molecular complexity index is 1550. The van der Waals surface area contributed by atoms with Crippen LogP contribution in [0.2, 0.25) is 0 Å². The second-order valence-electron chi connectivity index (χ2n) is 9.04. The van der Waals surface area contributed by atoms with E-state index < -0.39 is 5.97 Å². The first-order chi connectivity index (χ1) is 17.1. The van der Waals surface area contributed by atoms with Crippen LogP contribution < -0.4 is 10.6 Å². The number of carboxylic acids is 1. The number of aromatic carboxylic acids is 1. The average Bonchev–Trinajstić information content (AvgIpc) is 3.32. The van der Waals surface area contributed by atoms with E-state index in [1.165, 1.54) is 0 Å². The summed E-state index contributed by atoms with van der Waals surface area (Å²) in [5.74, 6) is -0.111. The third kappa shape index (κ3) is 3.90. The van der Waals surface area contributed by atoms with E-state index in [9.17, 15) is 4.79 Å². The molecule has 35 heavy (non-hydrogen) atoms. The molecule has 0 atom stereocenters. The number of para-hydroxylation sites is 1. The molecule has 1 saturated heterocycles. The minimum Gasteiger partial charge on any atom is -0.478 e. The molecule has 3 aromatic carbocycles. The Hall–Kier alpha value is -4.23. The number of pyridine rings is 1. The molecule has 1 aliphatic heterocycles. The molecule has 1 aliphatic rings. The van der Waals surface area contributed by atoms with Gasteiger partial charge in [0.1, 0.15) is 12.1 Å². The highest BCUT2D eigenvalue weighted by molar-refractivity contribution is 5.92. The van der Waals surface area contributed by atoms with Crippen LogP contribution in [0.4, 0.5) is 5.69 Å². The zero-order valence-electron chi connectivity index (χ0n) is 19.1. The van der Waals surface area contributed by atoms with Gasteiger partial charge in [-0.2, -0.15) is 0 Å². The number of benzene rings is 3. The average molecular weight is 464 g/mol. The second-order valence-corrected chi connectivity index (χ2v) is 9.04. The molecule has 0 aliphatic carbocycles. The van der Waals surface area contributed by atoms with Crippen molar-refractivity contribution in [3.63, 3.8) is 0 Å². The van der Waals surface area contributed by atoms with Gasteiger partial charge in [0.25, 0.3) is 0 Å². The number of imidazole rings is 1. The summed E-state index contributed by atoms with van der Waals surface area (Å²) < 4.78 is 2.01. The summed E-state index contributed by atoms with van der Waals surface area (Å²) in [5.41, 5.74) is 12.3. The van der Waals surface area contributed by atoms with Crippen molar-refractivity contribution in [2.75, 3.05) is 18.0 Å². The van der Waals surface area contributed by atoms with Crippen LogP contribution in [0.5, 0.6) is 0 Å². The number of rotatable bonds is 4. The first kappa shape index (κ1) is 21.3. The molecule has 1 fully saturated rings. The van der Waals surface area contributed by atoms with Crippen molar-refractivity contribution >= 4 is 33.6 Å². The molecular formula is C28H25N5O2. The lowest BCUT2D eigenvalue weighted by molar-refractivity contribution is 0.0697. The van der Waals surface area contributed by atoms with Crippen molar-refractivity contribution in [1.29, 1.82) is 0 Å². The Balaban J connectivity index is 1.37. The third-order valence-electron chi connectivity index (χ3n) is 6.82. The van der Waals surface area contributed by atoms with Crippen molar-refractivity contribution in [2.45, 2.75) is 18.9 Å². The molecule has 6 rings (SSSR count). The van der Waals surface area contributed by atoms with Gasteiger partial charge in [0.05, 0.1) is 27.8 Å². The smallest absolute Gasteiger partial charge is 0.335 e. The van der Waals surface area contributed by atoms with E-state index in [-0.39, 0.29) is 11.6 Å². The fraction of sp³-hybridized carbons (Fsp3) is 0.179. The highest BCUT2D eigenvalue weighted by Crippen LogP contribution is 2.30. The fourth-order valence-electron chi connectivity index (χ4n) is 4.83. The highest BCUT2D eigenvalue weighted by Gasteiger charge is 2.19. The Morgan fingerprint density at radius 1 is 0.943 bits per heavy atom. The maximum absolute atomic E-state index is 11.1. The van der Waals surface area contributed by atoms with Crippen LogP contribution >= 0.6 is 0 Å². The van der Waals surface area contributed by atoms with E-state index in [1.807, 2.05) is 41.0 Å². The largest absolute Gasteiger partial charge is 0.478 e. The number of nitrogens with two attached hydrogens (primary N) is 1. The quantitative estimate of drug-likeness (QED) is 0.395. The monoisotopic (exact) mass is 463 g/mol. The summed E-state index contributed by atoms with van der Waals surface area (Å²) in [6, 6.07) is 23.7. The van der Waals surface area contributed by atoms with Gasteiger partial charge < -0.3 is 15.7 Å². The van der Waals surface area contributed by atoms with Gasteiger partial charge in [-0.05, 0) is 66.4 Å². The Morgan fingerprint density at radius 2 is 1.71 bits per heavy atom. The third-order valence-corrected chi connectivity index (χ3v) is 6.82. The van der Waals surface area contributed by atoms with Crippen molar-refractivity contribution in [3.05, 3.63) is 84.7 Å². The predicted octanol–water partition coefficient (Wildman–Crippen LogP) is 4.87. The fourth-order valence-corrected chi connectivity index (χ4v) is 4.83. The van der Waals surface area contributed by atoms with Crippen LogP contribution in [0, 0.1) is 0 Å². The summed E-state index contributed by atoms with van der Waals surface area (Å²) in [5, 5.41) is 10.2. The maximum Gasteiger partial charge on any atom is 0.335 e. The molecule has 5 aromatic rings. The molecule has 2 aromatic heterocycles. The van der Waals surface area contributed by atoms with Gasteiger partial charge in [0.15, 0.2) is 0 Å². The molecule has 3 N–H and O–H groups in total. The minimum atomic E-state index is -0.930.